The van der Waals surface area contributed by atoms with Crippen LogP contribution >= 0.6 is 11.6 Å². The largest absolute Gasteiger partial charge is 0.329 e. The van der Waals surface area contributed by atoms with E-state index in [-0.39, 0.29) is 5.56 Å². The number of pyridine rings is 1. The van der Waals surface area contributed by atoms with E-state index in [4.69, 9.17) is 11.6 Å². The molecule has 0 fully saturated rings. The van der Waals surface area contributed by atoms with Gasteiger partial charge in [0.2, 0.25) is 0 Å². The van der Waals surface area contributed by atoms with Crippen LogP contribution < -0.4 is 5.56 Å². The third-order valence-corrected chi connectivity index (χ3v) is 2.58. The van der Waals surface area contributed by atoms with Gasteiger partial charge in [-0.1, -0.05) is 17.7 Å². The van der Waals surface area contributed by atoms with Gasteiger partial charge in [0.25, 0.3) is 5.56 Å². The molecule has 0 bridgehead atoms. The molecule has 13 heavy (non-hydrogen) atoms. The Bertz CT molecular complexity index is 516. The molecule has 0 spiro atoms. The molecule has 0 saturated carbocycles. The summed E-state index contributed by atoms with van der Waals surface area (Å²) < 4.78 is 0. The molecule has 0 unspecified atom stereocenters. The molecule has 1 N–H and O–H groups in total. The van der Waals surface area contributed by atoms with Crippen LogP contribution in [-0.4, -0.2) is 4.98 Å². The highest BCUT2D eigenvalue weighted by Gasteiger charge is 2.03. The van der Waals surface area contributed by atoms with Gasteiger partial charge < -0.3 is 4.98 Å². The average Bonchev–Trinajstić information content (AvgIpc) is 2.12. The Morgan fingerprint density at radius 2 is 2.00 bits per heavy atom. The fraction of sp³-hybridized carbons (Fsp3) is 0.100. The molecule has 0 aliphatic carbocycles. The van der Waals surface area contributed by atoms with Gasteiger partial charge in [-0.25, -0.2) is 0 Å². The Labute approximate surface area is 80.2 Å². The predicted molar refractivity (Wildman–Crippen MR) is 54.3 cm³/mol. The smallest absolute Gasteiger partial charge is 0.255 e. The van der Waals surface area contributed by atoms with Gasteiger partial charge in [-0.2, -0.15) is 0 Å². The Balaban J connectivity index is 3.03. The van der Waals surface area contributed by atoms with Crippen LogP contribution in [0.15, 0.2) is 29.2 Å². The topological polar surface area (TPSA) is 32.9 Å². The molecule has 1 aromatic carbocycles. The van der Waals surface area contributed by atoms with Crippen molar-refractivity contribution in [1.29, 1.82) is 0 Å². The van der Waals surface area contributed by atoms with Crippen LogP contribution in [0.5, 0.6) is 0 Å². The van der Waals surface area contributed by atoms with Crippen molar-refractivity contribution in [1.82, 2.24) is 4.98 Å². The standard InChI is InChI=1S/C10H8ClNO/c1-6-2-3-8-7(9(6)11)4-5-12-10(8)13/h2-5H,1H3,(H,12,13). The van der Waals surface area contributed by atoms with E-state index in [1.165, 1.54) is 0 Å². The van der Waals surface area contributed by atoms with Crippen molar-refractivity contribution >= 4 is 22.4 Å². The summed E-state index contributed by atoms with van der Waals surface area (Å²) in [4.78, 5) is 13.9. The number of hydrogen-bond donors (Lipinski definition) is 1. The van der Waals surface area contributed by atoms with Crippen molar-refractivity contribution in [3.8, 4) is 0 Å². The fourth-order valence-electron chi connectivity index (χ4n) is 1.34. The van der Waals surface area contributed by atoms with Crippen molar-refractivity contribution in [3.63, 3.8) is 0 Å². The number of rotatable bonds is 0. The van der Waals surface area contributed by atoms with E-state index in [0.717, 1.165) is 10.9 Å². The normalized spacial score (nSPS) is 10.6. The summed E-state index contributed by atoms with van der Waals surface area (Å²) >= 11 is 6.05. The first kappa shape index (κ1) is 8.32. The summed E-state index contributed by atoms with van der Waals surface area (Å²) in [6.07, 6.45) is 1.61. The number of H-pyrrole nitrogens is 1. The Morgan fingerprint density at radius 3 is 2.77 bits per heavy atom. The highest BCUT2D eigenvalue weighted by molar-refractivity contribution is 6.36. The lowest BCUT2D eigenvalue weighted by Gasteiger charge is -2.01. The summed E-state index contributed by atoms with van der Waals surface area (Å²) in [7, 11) is 0. The molecule has 66 valence electrons. The minimum atomic E-state index is -0.0978. The summed E-state index contributed by atoms with van der Waals surface area (Å²) in [5.41, 5.74) is 0.888. The number of benzene rings is 1. The molecule has 0 aliphatic heterocycles. The molecular weight excluding hydrogens is 186 g/mol. The zero-order valence-electron chi connectivity index (χ0n) is 7.10. The van der Waals surface area contributed by atoms with Crippen molar-refractivity contribution < 1.29 is 0 Å². The number of aromatic nitrogens is 1. The van der Waals surface area contributed by atoms with E-state index in [0.29, 0.717) is 10.4 Å². The highest BCUT2D eigenvalue weighted by atomic mass is 35.5. The summed E-state index contributed by atoms with van der Waals surface area (Å²) in [5.74, 6) is 0. The van der Waals surface area contributed by atoms with Crippen molar-refractivity contribution in [2.24, 2.45) is 0 Å². The van der Waals surface area contributed by atoms with E-state index in [9.17, 15) is 4.79 Å². The minimum absolute atomic E-state index is 0.0978. The lowest BCUT2D eigenvalue weighted by atomic mass is 10.1. The lowest BCUT2D eigenvalue weighted by molar-refractivity contribution is 1.27. The van der Waals surface area contributed by atoms with Gasteiger partial charge >= 0.3 is 0 Å². The molecule has 0 radical (unpaired) electrons. The third-order valence-electron chi connectivity index (χ3n) is 2.08. The highest BCUT2D eigenvalue weighted by Crippen LogP contribution is 2.23. The molecule has 0 aliphatic rings. The maximum absolute atomic E-state index is 11.3. The number of halogens is 1. The number of aryl methyl sites for hydroxylation is 1. The first-order valence-electron chi connectivity index (χ1n) is 3.96. The van der Waals surface area contributed by atoms with Crippen molar-refractivity contribution in [3.05, 3.63) is 45.3 Å². The molecule has 2 rings (SSSR count). The zero-order chi connectivity index (χ0) is 9.42. The van der Waals surface area contributed by atoms with Gasteiger partial charge in [-0.3, -0.25) is 4.79 Å². The van der Waals surface area contributed by atoms with E-state index in [2.05, 4.69) is 4.98 Å². The van der Waals surface area contributed by atoms with Crippen LogP contribution in [0.25, 0.3) is 10.8 Å². The molecule has 3 heteroatoms. The number of aromatic amines is 1. The monoisotopic (exact) mass is 193 g/mol. The first-order valence-corrected chi connectivity index (χ1v) is 4.34. The van der Waals surface area contributed by atoms with Crippen LogP contribution in [0.3, 0.4) is 0 Å². The molecule has 2 aromatic rings. The van der Waals surface area contributed by atoms with Crippen LogP contribution in [0.4, 0.5) is 0 Å². The van der Waals surface area contributed by atoms with Crippen molar-refractivity contribution in [2.75, 3.05) is 0 Å². The SMILES string of the molecule is Cc1ccc2c(=O)[nH]ccc2c1Cl. The summed E-state index contributed by atoms with van der Waals surface area (Å²) in [6, 6.07) is 5.45. The van der Waals surface area contributed by atoms with Crippen LogP contribution in [-0.2, 0) is 0 Å². The Hall–Kier alpha value is -1.28. The van der Waals surface area contributed by atoms with Gasteiger partial charge in [0, 0.05) is 17.0 Å². The Morgan fingerprint density at radius 1 is 1.23 bits per heavy atom. The van der Waals surface area contributed by atoms with E-state index in [1.54, 1.807) is 12.3 Å². The van der Waals surface area contributed by atoms with Gasteiger partial charge in [-0.05, 0) is 24.6 Å². The lowest BCUT2D eigenvalue weighted by Crippen LogP contribution is -2.04. The maximum atomic E-state index is 11.3. The van der Waals surface area contributed by atoms with Crippen LogP contribution in [0.1, 0.15) is 5.56 Å². The molecule has 2 nitrogen and oxygen atoms in total. The number of hydrogen-bond acceptors (Lipinski definition) is 1. The summed E-state index contributed by atoms with van der Waals surface area (Å²) in [5, 5.41) is 2.10. The predicted octanol–water partition coefficient (Wildman–Crippen LogP) is 2.49. The van der Waals surface area contributed by atoms with E-state index in [1.807, 2.05) is 19.1 Å². The second-order valence-corrected chi connectivity index (χ2v) is 3.34. The minimum Gasteiger partial charge on any atom is -0.329 e. The number of fused-ring (bicyclic) bond motifs is 1. The van der Waals surface area contributed by atoms with Gasteiger partial charge in [-0.15, -0.1) is 0 Å². The summed E-state index contributed by atoms with van der Waals surface area (Å²) in [6.45, 7) is 1.92. The first-order chi connectivity index (χ1) is 6.20. The number of nitrogens with one attached hydrogen (secondary N) is 1. The Kier molecular flexibility index (Phi) is 1.85. The van der Waals surface area contributed by atoms with Gasteiger partial charge in [0.15, 0.2) is 0 Å². The van der Waals surface area contributed by atoms with Crippen molar-refractivity contribution in [2.45, 2.75) is 6.92 Å². The average molecular weight is 194 g/mol. The third kappa shape index (κ3) is 1.23. The van der Waals surface area contributed by atoms with Gasteiger partial charge in [0.1, 0.15) is 0 Å². The molecule has 1 aromatic heterocycles. The second kappa shape index (κ2) is 2.89. The van der Waals surface area contributed by atoms with Crippen LogP contribution in [0, 0.1) is 6.92 Å². The molecule has 0 atom stereocenters. The zero-order valence-corrected chi connectivity index (χ0v) is 7.85. The maximum Gasteiger partial charge on any atom is 0.255 e. The quantitative estimate of drug-likeness (QED) is 0.685. The fourth-order valence-corrected chi connectivity index (χ4v) is 1.57. The molecule has 0 saturated heterocycles. The van der Waals surface area contributed by atoms with E-state index < -0.39 is 0 Å². The molecule has 1 heterocycles. The molecule has 0 amide bonds. The van der Waals surface area contributed by atoms with E-state index >= 15 is 0 Å². The van der Waals surface area contributed by atoms with Crippen LogP contribution in [0.2, 0.25) is 5.02 Å². The molecular formula is C10H8ClNO. The second-order valence-electron chi connectivity index (χ2n) is 2.96. The van der Waals surface area contributed by atoms with Gasteiger partial charge in [0.05, 0.1) is 5.02 Å².